The molecule has 0 aliphatic rings. The van der Waals surface area contributed by atoms with Crippen molar-refractivity contribution in [3.05, 3.63) is 41.5 Å². The van der Waals surface area contributed by atoms with E-state index in [9.17, 15) is 0 Å². The summed E-state index contributed by atoms with van der Waals surface area (Å²) in [5.74, 6) is 1.16. The highest BCUT2D eigenvalue weighted by Gasteiger charge is 2.20. The van der Waals surface area contributed by atoms with Crippen molar-refractivity contribution in [3.8, 4) is 21.8 Å². The molecule has 5 heteroatoms. The first-order valence-corrected chi connectivity index (χ1v) is 6.91. The molecule has 19 heavy (non-hydrogen) atoms. The fourth-order valence-corrected chi connectivity index (χ4v) is 3.05. The molecule has 0 saturated heterocycles. The second kappa shape index (κ2) is 4.85. The normalized spacial score (nSPS) is 10.8. The molecule has 3 aromatic rings. The summed E-state index contributed by atoms with van der Waals surface area (Å²) in [7, 11) is 0. The van der Waals surface area contributed by atoms with Crippen LogP contribution in [-0.2, 0) is 6.42 Å². The Morgan fingerprint density at radius 3 is 2.79 bits per heavy atom. The summed E-state index contributed by atoms with van der Waals surface area (Å²) in [6.45, 7) is 2.12. The summed E-state index contributed by atoms with van der Waals surface area (Å²) in [5.41, 5.74) is 9.02. The number of aromatic nitrogens is 2. The number of nitrogens with zero attached hydrogens (tertiary/aromatic N) is 2. The van der Waals surface area contributed by atoms with Crippen LogP contribution in [0.15, 0.2) is 40.5 Å². The minimum Gasteiger partial charge on any atom is -0.380 e. The van der Waals surface area contributed by atoms with Crippen LogP contribution in [0.2, 0.25) is 0 Å². The Morgan fingerprint density at radius 2 is 2.05 bits per heavy atom. The van der Waals surface area contributed by atoms with Gasteiger partial charge in [-0.05, 0) is 41.1 Å². The van der Waals surface area contributed by atoms with Crippen LogP contribution in [0.1, 0.15) is 12.5 Å². The van der Waals surface area contributed by atoms with Crippen LogP contribution in [0, 0.1) is 0 Å². The number of nitrogens with two attached hydrogens (primary N) is 1. The Kier molecular flexibility index (Phi) is 3.05. The van der Waals surface area contributed by atoms with Gasteiger partial charge >= 0.3 is 0 Å². The third-order valence-electron chi connectivity index (χ3n) is 3.02. The van der Waals surface area contributed by atoms with E-state index in [0.29, 0.717) is 5.82 Å². The third kappa shape index (κ3) is 2.02. The lowest BCUT2D eigenvalue weighted by Crippen LogP contribution is -1.89. The van der Waals surface area contributed by atoms with E-state index in [0.717, 1.165) is 28.2 Å². The molecular weight excluding hydrogens is 258 g/mol. The van der Waals surface area contributed by atoms with E-state index >= 15 is 0 Å². The fraction of sp³-hybridized carbons (Fsp3) is 0.143. The molecule has 0 bridgehead atoms. The average molecular weight is 271 g/mol. The molecule has 2 N–H and O–H groups in total. The Morgan fingerprint density at radius 1 is 1.26 bits per heavy atom. The molecule has 0 aliphatic carbocycles. The van der Waals surface area contributed by atoms with E-state index in [1.165, 1.54) is 5.56 Å². The van der Waals surface area contributed by atoms with E-state index in [-0.39, 0.29) is 0 Å². The minimum absolute atomic E-state index is 0.414. The quantitative estimate of drug-likeness (QED) is 0.790. The first-order valence-electron chi connectivity index (χ1n) is 6.03. The van der Waals surface area contributed by atoms with Crippen LogP contribution in [0.25, 0.3) is 21.8 Å². The molecule has 0 aromatic carbocycles. The van der Waals surface area contributed by atoms with Crippen LogP contribution < -0.4 is 5.73 Å². The van der Waals surface area contributed by atoms with Crippen LogP contribution in [0.4, 0.5) is 5.82 Å². The van der Waals surface area contributed by atoms with E-state index in [1.54, 1.807) is 23.7 Å². The van der Waals surface area contributed by atoms with Crippen molar-refractivity contribution in [1.29, 1.82) is 0 Å². The van der Waals surface area contributed by atoms with Crippen molar-refractivity contribution in [2.75, 3.05) is 5.73 Å². The lowest BCUT2D eigenvalue weighted by Gasteiger charge is -2.02. The van der Waals surface area contributed by atoms with Crippen LogP contribution in [0.5, 0.6) is 0 Å². The number of thiophene rings is 1. The highest BCUT2D eigenvalue weighted by molar-refractivity contribution is 7.13. The molecule has 96 valence electrons. The summed E-state index contributed by atoms with van der Waals surface area (Å²) in [5, 5.41) is 5.97. The average Bonchev–Trinajstić information content (AvgIpc) is 3.05. The summed E-state index contributed by atoms with van der Waals surface area (Å²) in [4.78, 5) is 5.12. The molecule has 3 aromatic heterocycles. The van der Waals surface area contributed by atoms with Crippen molar-refractivity contribution in [2.45, 2.75) is 13.3 Å². The molecule has 0 fully saturated rings. The van der Waals surface area contributed by atoms with Gasteiger partial charge in [-0.15, -0.1) is 11.3 Å². The summed E-state index contributed by atoms with van der Waals surface area (Å²) >= 11 is 1.64. The van der Waals surface area contributed by atoms with Gasteiger partial charge in [-0.3, -0.25) is 4.98 Å². The van der Waals surface area contributed by atoms with Crippen molar-refractivity contribution >= 4 is 17.2 Å². The zero-order valence-electron chi connectivity index (χ0n) is 10.5. The van der Waals surface area contributed by atoms with Gasteiger partial charge in [0.25, 0.3) is 0 Å². The van der Waals surface area contributed by atoms with Gasteiger partial charge in [0.2, 0.25) is 0 Å². The first-order chi connectivity index (χ1) is 9.31. The van der Waals surface area contributed by atoms with E-state index in [2.05, 4.69) is 28.5 Å². The molecule has 0 radical (unpaired) electrons. The lowest BCUT2D eigenvalue weighted by atomic mass is 10.0. The Balaban J connectivity index is 2.20. The highest BCUT2D eigenvalue weighted by atomic mass is 32.1. The summed E-state index contributed by atoms with van der Waals surface area (Å²) in [6.07, 6.45) is 4.43. The van der Waals surface area contributed by atoms with Crippen molar-refractivity contribution < 1.29 is 4.52 Å². The highest BCUT2D eigenvalue weighted by Crippen LogP contribution is 2.40. The van der Waals surface area contributed by atoms with Gasteiger partial charge in [-0.25, -0.2) is 0 Å². The van der Waals surface area contributed by atoms with Gasteiger partial charge in [0.15, 0.2) is 11.6 Å². The molecule has 3 heterocycles. The van der Waals surface area contributed by atoms with Crippen molar-refractivity contribution in [3.63, 3.8) is 0 Å². The van der Waals surface area contributed by atoms with Crippen molar-refractivity contribution in [2.24, 2.45) is 0 Å². The number of aryl methyl sites for hydroxylation is 1. The van der Waals surface area contributed by atoms with Crippen LogP contribution in [-0.4, -0.2) is 10.1 Å². The van der Waals surface area contributed by atoms with E-state index in [4.69, 9.17) is 10.3 Å². The zero-order chi connectivity index (χ0) is 13.2. The van der Waals surface area contributed by atoms with Gasteiger partial charge < -0.3 is 10.3 Å². The number of rotatable bonds is 3. The van der Waals surface area contributed by atoms with Gasteiger partial charge in [-0.2, -0.15) is 0 Å². The number of hydrogen-bond donors (Lipinski definition) is 1. The summed E-state index contributed by atoms with van der Waals surface area (Å²) < 4.78 is 5.45. The maximum absolute atomic E-state index is 5.95. The maximum atomic E-state index is 5.95. The standard InChI is InChI=1S/C14H13N3OS/c1-2-9-5-8-19-13(9)12-11(14(15)17-18-12)10-3-6-16-7-4-10/h3-8H,2H2,1H3,(H2,15,17). The Bertz CT molecular complexity index is 688. The number of hydrogen-bond acceptors (Lipinski definition) is 5. The number of pyridine rings is 1. The Hall–Kier alpha value is -2.14. The van der Waals surface area contributed by atoms with Crippen molar-refractivity contribution in [1.82, 2.24) is 10.1 Å². The number of nitrogen functional groups attached to an aromatic ring is 1. The number of anilines is 1. The van der Waals surface area contributed by atoms with Gasteiger partial charge in [0.1, 0.15) is 0 Å². The molecule has 0 amide bonds. The monoisotopic (exact) mass is 271 g/mol. The van der Waals surface area contributed by atoms with Crippen LogP contribution in [0.3, 0.4) is 0 Å². The Labute approximate surface area is 114 Å². The predicted molar refractivity (Wildman–Crippen MR) is 76.8 cm³/mol. The van der Waals surface area contributed by atoms with Gasteiger partial charge in [-0.1, -0.05) is 12.1 Å². The third-order valence-corrected chi connectivity index (χ3v) is 3.98. The SMILES string of the molecule is CCc1ccsc1-c1onc(N)c1-c1ccncc1. The molecule has 4 nitrogen and oxygen atoms in total. The first kappa shape index (κ1) is 11.9. The second-order valence-corrected chi connectivity index (χ2v) is 5.05. The maximum Gasteiger partial charge on any atom is 0.187 e. The lowest BCUT2D eigenvalue weighted by molar-refractivity contribution is 0.436. The molecule has 0 atom stereocenters. The molecule has 0 aliphatic heterocycles. The summed E-state index contributed by atoms with van der Waals surface area (Å²) in [6, 6.07) is 5.92. The largest absolute Gasteiger partial charge is 0.380 e. The molecule has 0 spiro atoms. The minimum atomic E-state index is 0.414. The zero-order valence-corrected chi connectivity index (χ0v) is 11.3. The second-order valence-electron chi connectivity index (χ2n) is 4.14. The topological polar surface area (TPSA) is 64.9 Å². The fourth-order valence-electron chi connectivity index (χ4n) is 2.07. The molecule has 3 rings (SSSR count). The predicted octanol–water partition coefficient (Wildman–Crippen LogP) is 3.61. The van der Waals surface area contributed by atoms with Crippen LogP contribution >= 0.6 is 11.3 Å². The molecule has 0 saturated carbocycles. The van der Waals surface area contributed by atoms with E-state index < -0.39 is 0 Å². The molecule has 0 unspecified atom stereocenters. The van der Waals surface area contributed by atoms with E-state index in [1.807, 2.05) is 12.1 Å². The molecular formula is C14H13N3OS. The smallest absolute Gasteiger partial charge is 0.187 e. The van der Waals surface area contributed by atoms with Gasteiger partial charge in [0.05, 0.1) is 10.4 Å². The van der Waals surface area contributed by atoms with Gasteiger partial charge in [0, 0.05) is 12.4 Å².